The van der Waals surface area contributed by atoms with E-state index in [2.05, 4.69) is 0 Å². The molecule has 3 aromatic rings. The normalized spacial score (nSPS) is 12.1. The zero-order chi connectivity index (χ0) is 16.4. The largest absolute Gasteiger partial charge is 0.452 e. The molecule has 0 aliphatic carbocycles. The highest BCUT2D eigenvalue weighted by molar-refractivity contribution is 5.89. The van der Waals surface area contributed by atoms with Gasteiger partial charge in [0.15, 0.2) is 5.43 Å². The van der Waals surface area contributed by atoms with Crippen molar-refractivity contribution in [3.8, 4) is 0 Å². The lowest BCUT2D eigenvalue weighted by Gasteiger charge is -2.13. The second kappa shape index (κ2) is 6.04. The van der Waals surface area contributed by atoms with E-state index in [0.29, 0.717) is 16.5 Å². The molecular weight excluding hydrogens is 299 g/mol. The molecule has 0 fully saturated rings. The number of hydrogen-bond donors (Lipinski definition) is 0. The fourth-order valence-corrected chi connectivity index (χ4v) is 2.23. The van der Waals surface area contributed by atoms with Gasteiger partial charge < -0.3 is 9.15 Å². The Morgan fingerprint density at radius 1 is 1.13 bits per heavy atom. The smallest absolute Gasteiger partial charge is 0.374 e. The maximum absolute atomic E-state index is 12.9. The predicted molar refractivity (Wildman–Crippen MR) is 82.7 cm³/mol. The van der Waals surface area contributed by atoms with Gasteiger partial charge in [0, 0.05) is 6.07 Å². The Labute approximate surface area is 131 Å². The number of fused-ring (bicyclic) bond motifs is 1. The van der Waals surface area contributed by atoms with Crippen LogP contribution < -0.4 is 5.43 Å². The van der Waals surface area contributed by atoms with E-state index in [1.54, 1.807) is 31.2 Å². The molecule has 0 aliphatic rings. The quantitative estimate of drug-likeness (QED) is 0.689. The molecule has 23 heavy (non-hydrogen) atoms. The average Bonchev–Trinajstić information content (AvgIpc) is 2.55. The number of para-hydroxylation sites is 1. The molecule has 3 rings (SSSR count). The molecule has 0 N–H and O–H groups in total. The van der Waals surface area contributed by atoms with E-state index >= 15 is 0 Å². The third kappa shape index (κ3) is 3.13. The van der Waals surface area contributed by atoms with Crippen molar-refractivity contribution in [1.29, 1.82) is 0 Å². The molecule has 116 valence electrons. The molecule has 0 saturated heterocycles. The lowest BCUT2D eigenvalue weighted by molar-refractivity contribution is 0.0302. The van der Waals surface area contributed by atoms with Gasteiger partial charge in [0.05, 0.1) is 5.39 Å². The van der Waals surface area contributed by atoms with Crippen molar-refractivity contribution in [2.45, 2.75) is 13.0 Å². The Bertz CT molecular complexity index is 912. The molecular formula is C18H13FO4. The Morgan fingerprint density at radius 2 is 1.83 bits per heavy atom. The van der Waals surface area contributed by atoms with E-state index in [9.17, 15) is 14.0 Å². The number of rotatable bonds is 3. The maximum atomic E-state index is 12.9. The summed E-state index contributed by atoms with van der Waals surface area (Å²) < 4.78 is 23.6. The number of hydrogen-bond acceptors (Lipinski definition) is 4. The van der Waals surface area contributed by atoms with Gasteiger partial charge in [0.25, 0.3) is 0 Å². The zero-order valence-electron chi connectivity index (χ0n) is 12.3. The summed E-state index contributed by atoms with van der Waals surface area (Å²) in [6, 6.07) is 13.4. The van der Waals surface area contributed by atoms with Gasteiger partial charge in [-0.15, -0.1) is 0 Å². The summed E-state index contributed by atoms with van der Waals surface area (Å²) in [6.45, 7) is 1.66. The van der Waals surface area contributed by atoms with Crippen LogP contribution in [0.15, 0.2) is 63.8 Å². The van der Waals surface area contributed by atoms with Gasteiger partial charge in [-0.25, -0.2) is 9.18 Å². The van der Waals surface area contributed by atoms with Crippen molar-refractivity contribution in [1.82, 2.24) is 0 Å². The van der Waals surface area contributed by atoms with Gasteiger partial charge in [0.2, 0.25) is 5.76 Å². The molecule has 2 aromatic carbocycles. The van der Waals surface area contributed by atoms with Crippen LogP contribution in [0.4, 0.5) is 4.39 Å². The van der Waals surface area contributed by atoms with E-state index in [-0.39, 0.29) is 17.0 Å². The molecule has 0 aliphatic heterocycles. The van der Waals surface area contributed by atoms with Crippen molar-refractivity contribution < 1.29 is 18.3 Å². The molecule has 5 heteroatoms. The van der Waals surface area contributed by atoms with Crippen molar-refractivity contribution >= 4 is 16.9 Å². The number of carbonyl (C=O) groups is 1. The van der Waals surface area contributed by atoms with Crippen LogP contribution >= 0.6 is 0 Å². The summed E-state index contributed by atoms with van der Waals surface area (Å²) in [7, 11) is 0. The molecule has 0 bridgehead atoms. The molecule has 4 nitrogen and oxygen atoms in total. The fourth-order valence-electron chi connectivity index (χ4n) is 2.23. The number of ether oxygens (including phenoxy) is 1. The Morgan fingerprint density at radius 3 is 2.57 bits per heavy atom. The predicted octanol–water partition coefficient (Wildman–Crippen LogP) is 3.85. The second-order valence-corrected chi connectivity index (χ2v) is 5.07. The number of benzene rings is 2. The number of esters is 1. The summed E-state index contributed by atoms with van der Waals surface area (Å²) in [6.07, 6.45) is -0.597. The minimum absolute atomic E-state index is 0.164. The average molecular weight is 312 g/mol. The van der Waals surface area contributed by atoms with Gasteiger partial charge >= 0.3 is 5.97 Å². The first-order valence-corrected chi connectivity index (χ1v) is 7.04. The van der Waals surface area contributed by atoms with Gasteiger partial charge in [-0.3, -0.25) is 4.79 Å². The van der Waals surface area contributed by atoms with Crippen LogP contribution in [0.2, 0.25) is 0 Å². The number of halogens is 1. The van der Waals surface area contributed by atoms with Gasteiger partial charge in [-0.05, 0) is 36.8 Å². The third-order valence-corrected chi connectivity index (χ3v) is 3.46. The Balaban J connectivity index is 1.85. The lowest BCUT2D eigenvalue weighted by atomic mass is 10.1. The van der Waals surface area contributed by atoms with Crippen LogP contribution in [-0.4, -0.2) is 5.97 Å². The monoisotopic (exact) mass is 312 g/mol. The van der Waals surface area contributed by atoms with Crippen LogP contribution in [0.5, 0.6) is 0 Å². The second-order valence-electron chi connectivity index (χ2n) is 5.07. The third-order valence-electron chi connectivity index (χ3n) is 3.46. The summed E-state index contributed by atoms with van der Waals surface area (Å²) in [5.41, 5.74) is 0.650. The van der Waals surface area contributed by atoms with E-state index in [1.165, 1.54) is 24.3 Å². The minimum atomic E-state index is -0.746. The summed E-state index contributed by atoms with van der Waals surface area (Å²) >= 11 is 0. The maximum Gasteiger partial charge on any atom is 0.374 e. The molecule has 1 aromatic heterocycles. The topological polar surface area (TPSA) is 56.5 Å². The van der Waals surface area contributed by atoms with Gasteiger partial charge in [0.1, 0.15) is 17.5 Å². The van der Waals surface area contributed by atoms with E-state index in [0.717, 1.165) is 6.07 Å². The highest BCUT2D eigenvalue weighted by atomic mass is 19.1. The standard InChI is InChI=1S/C18H13FO4/c1-11(12-6-8-13(19)9-7-12)22-18(21)17-10-15(20)14-4-2-3-5-16(14)23-17/h2-11H,1H3/t11-/m0/s1. The first-order chi connectivity index (χ1) is 11.0. The number of carbonyl (C=O) groups excluding carboxylic acids is 1. The summed E-state index contributed by atoms with van der Waals surface area (Å²) in [5, 5.41) is 0.399. The molecule has 0 amide bonds. The van der Waals surface area contributed by atoms with Crippen molar-refractivity contribution in [2.75, 3.05) is 0 Å². The lowest BCUT2D eigenvalue weighted by Crippen LogP contribution is -2.12. The Hall–Kier alpha value is -2.95. The van der Waals surface area contributed by atoms with Crippen molar-refractivity contribution in [3.05, 3.63) is 82.0 Å². The molecule has 0 spiro atoms. The molecule has 1 atom stereocenters. The summed E-state index contributed by atoms with van der Waals surface area (Å²) in [5.74, 6) is -1.28. The molecule has 1 heterocycles. The van der Waals surface area contributed by atoms with Crippen LogP contribution in [-0.2, 0) is 4.74 Å². The van der Waals surface area contributed by atoms with E-state index in [1.807, 2.05) is 0 Å². The molecule has 0 radical (unpaired) electrons. The first kappa shape index (κ1) is 15.0. The molecule has 0 unspecified atom stereocenters. The molecule has 0 saturated carbocycles. The van der Waals surface area contributed by atoms with Crippen LogP contribution in [0.25, 0.3) is 11.0 Å². The van der Waals surface area contributed by atoms with Crippen molar-refractivity contribution in [2.24, 2.45) is 0 Å². The highest BCUT2D eigenvalue weighted by Crippen LogP contribution is 2.20. The first-order valence-electron chi connectivity index (χ1n) is 7.04. The van der Waals surface area contributed by atoms with Gasteiger partial charge in [-0.1, -0.05) is 24.3 Å². The fraction of sp³-hybridized carbons (Fsp3) is 0.111. The van der Waals surface area contributed by atoms with Crippen molar-refractivity contribution in [3.63, 3.8) is 0 Å². The Kier molecular flexibility index (Phi) is 3.93. The zero-order valence-corrected chi connectivity index (χ0v) is 12.3. The minimum Gasteiger partial charge on any atom is -0.452 e. The summed E-state index contributed by atoms with van der Waals surface area (Å²) in [4.78, 5) is 24.2. The van der Waals surface area contributed by atoms with Crippen LogP contribution in [0, 0.1) is 5.82 Å². The van der Waals surface area contributed by atoms with E-state index in [4.69, 9.17) is 9.15 Å². The van der Waals surface area contributed by atoms with Crippen LogP contribution in [0.1, 0.15) is 29.1 Å². The van der Waals surface area contributed by atoms with E-state index < -0.39 is 12.1 Å². The highest BCUT2D eigenvalue weighted by Gasteiger charge is 2.17. The SMILES string of the molecule is C[C@H](OC(=O)c1cc(=O)c2ccccc2o1)c1ccc(F)cc1. The van der Waals surface area contributed by atoms with Gasteiger partial charge in [-0.2, -0.15) is 0 Å². The van der Waals surface area contributed by atoms with Crippen LogP contribution in [0.3, 0.4) is 0 Å².